The van der Waals surface area contributed by atoms with Crippen LogP contribution in [0.5, 0.6) is 0 Å². The Morgan fingerprint density at radius 3 is 2.85 bits per heavy atom. The zero-order valence-corrected chi connectivity index (χ0v) is 7.60. The second kappa shape index (κ2) is 4.09. The number of nitrogens with one attached hydrogen (secondary N) is 1. The maximum absolute atomic E-state index is 10.9. The molecule has 3 N–H and O–H groups in total. The molecule has 0 aromatic heterocycles. The van der Waals surface area contributed by atoms with Crippen LogP contribution in [0.2, 0.25) is 0 Å². The molecule has 70 valence electrons. The molecule has 4 nitrogen and oxygen atoms in total. The lowest BCUT2D eigenvalue weighted by Gasteiger charge is -2.05. The zero-order valence-electron chi connectivity index (χ0n) is 6.84. The molecule has 5 heteroatoms. The van der Waals surface area contributed by atoms with E-state index >= 15 is 0 Å². The van der Waals surface area contributed by atoms with Gasteiger partial charge in [-0.05, 0) is 0 Å². The molecule has 0 aliphatic heterocycles. The standard InChI is InChI=1S/C8H9ClN2O2/c9-4-7(12)11-6-3-1-2-5(6)8(10)13/h1-2H,3-4H2,(H2,10,13)(H,11,12). The lowest BCUT2D eigenvalue weighted by atomic mass is 10.2. The molecule has 0 saturated carbocycles. The van der Waals surface area contributed by atoms with Crippen LogP contribution in [0.25, 0.3) is 0 Å². The number of allylic oxidation sites excluding steroid dienone is 1. The molecule has 0 aromatic rings. The van der Waals surface area contributed by atoms with E-state index in [0.29, 0.717) is 17.7 Å². The minimum Gasteiger partial charge on any atom is -0.366 e. The van der Waals surface area contributed by atoms with Gasteiger partial charge < -0.3 is 11.1 Å². The van der Waals surface area contributed by atoms with E-state index in [2.05, 4.69) is 5.32 Å². The largest absolute Gasteiger partial charge is 0.366 e. The number of nitrogens with two attached hydrogens (primary N) is 1. The lowest BCUT2D eigenvalue weighted by Crippen LogP contribution is -2.26. The van der Waals surface area contributed by atoms with E-state index in [4.69, 9.17) is 17.3 Å². The summed E-state index contributed by atoms with van der Waals surface area (Å²) in [6.45, 7) is 0. The van der Waals surface area contributed by atoms with Crippen LogP contribution in [0.15, 0.2) is 23.4 Å². The minimum absolute atomic E-state index is 0.129. The molecule has 0 saturated heterocycles. The third-order valence-corrected chi connectivity index (χ3v) is 1.85. The summed E-state index contributed by atoms with van der Waals surface area (Å²) in [5.74, 6) is -1.01. The van der Waals surface area contributed by atoms with Gasteiger partial charge in [-0.15, -0.1) is 11.6 Å². The van der Waals surface area contributed by atoms with Crippen molar-refractivity contribution in [3.05, 3.63) is 23.4 Å². The van der Waals surface area contributed by atoms with Crippen molar-refractivity contribution in [3.8, 4) is 0 Å². The first-order valence-electron chi connectivity index (χ1n) is 3.70. The highest BCUT2D eigenvalue weighted by Gasteiger charge is 2.15. The number of amides is 2. The highest BCUT2D eigenvalue weighted by Crippen LogP contribution is 2.15. The van der Waals surface area contributed by atoms with E-state index in [1.165, 1.54) is 0 Å². The van der Waals surface area contributed by atoms with Crippen molar-refractivity contribution in [1.82, 2.24) is 5.32 Å². The van der Waals surface area contributed by atoms with E-state index < -0.39 is 5.91 Å². The van der Waals surface area contributed by atoms with Gasteiger partial charge >= 0.3 is 0 Å². The molecule has 1 rings (SSSR count). The predicted molar refractivity (Wildman–Crippen MR) is 48.8 cm³/mol. The summed E-state index contributed by atoms with van der Waals surface area (Å²) in [7, 11) is 0. The smallest absolute Gasteiger partial charge is 0.250 e. The van der Waals surface area contributed by atoms with E-state index in [1.807, 2.05) is 0 Å². The monoisotopic (exact) mass is 200 g/mol. The fourth-order valence-electron chi connectivity index (χ4n) is 1.06. The zero-order chi connectivity index (χ0) is 9.84. The molecule has 0 aromatic carbocycles. The van der Waals surface area contributed by atoms with Crippen molar-refractivity contribution in [2.75, 3.05) is 5.88 Å². The second-order valence-electron chi connectivity index (χ2n) is 2.54. The van der Waals surface area contributed by atoms with Crippen molar-refractivity contribution in [3.63, 3.8) is 0 Å². The summed E-state index contributed by atoms with van der Waals surface area (Å²) in [5, 5.41) is 2.51. The third-order valence-electron chi connectivity index (χ3n) is 1.61. The van der Waals surface area contributed by atoms with Gasteiger partial charge in [0.15, 0.2) is 0 Å². The van der Waals surface area contributed by atoms with Crippen LogP contribution >= 0.6 is 11.6 Å². The number of hydrogen-bond acceptors (Lipinski definition) is 2. The fraction of sp³-hybridized carbons (Fsp3) is 0.250. The van der Waals surface area contributed by atoms with Gasteiger partial charge in [0, 0.05) is 12.1 Å². The number of primary amides is 1. The van der Waals surface area contributed by atoms with Gasteiger partial charge in [0.25, 0.3) is 0 Å². The van der Waals surface area contributed by atoms with E-state index in [1.54, 1.807) is 12.2 Å². The van der Waals surface area contributed by atoms with Crippen LogP contribution in [0, 0.1) is 0 Å². The van der Waals surface area contributed by atoms with Crippen molar-refractivity contribution in [1.29, 1.82) is 0 Å². The quantitative estimate of drug-likeness (QED) is 0.632. The van der Waals surface area contributed by atoms with Crippen LogP contribution in [0.1, 0.15) is 6.42 Å². The molecular weight excluding hydrogens is 192 g/mol. The Morgan fingerprint density at radius 2 is 2.31 bits per heavy atom. The summed E-state index contributed by atoms with van der Waals surface area (Å²) in [5.41, 5.74) is 5.94. The Bertz CT molecular complexity index is 307. The van der Waals surface area contributed by atoms with E-state index in [9.17, 15) is 9.59 Å². The second-order valence-corrected chi connectivity index (χ2v) is 2.81. The summed E-state index contributed by atoms with van der Waals surface area (Å²) < 4.78 is 0. The Kier molecular flexibility index (Phi) is 3.08. The van der Waals surface area contributed by atoms with E-state index in [0.717, 1.165) is 0 Å². The predicted octanol–water partition coefficient (Wildman–Crippen LogP) is 0.0407. The first kappa shape index (κ1) is 9.80. The molecule has 0 unspecified atom stereocenters. The molecule has 2 amide bonds. The molecule has 0 fully saturated rings. The van der Waals surface area contributed by atoms with Gasteiger partial charge in [-0.3, -0.25) is 9.59 Å². The average Bonchev–Trinajstić information content (AvgIpc) is 2.52. The van der Waals surface area contributed by atoms with Crippen LogP contribution < -0.4 is 11.1 Å². The summed E-state index contributed by atoms with van der Waals surface area (Å²) in [4.78, 5) is 21.7. The lowest BCUT2D eigenvalue weighted by molar-refractivity contribution is -0.118. The molecule has 0 atom stereocenters. The highest BCUT2D eigenvalue weighted by molar-refractivity contribution is 6.27. The normalized spacial score (nSPS) is 14.8. The van der Waals surface area contributed by atoms with Gasteiger partial charge in [0.05, 0.1) is 5.57 Å². The number of hydrogen-bond donors (Lipinski definition) is 2. The molecule has 1 aliphatic rings. The van der Waals surface area contributed by atoms with Crippen molar-refractivity contribution >= 4 is 23.4 Å². The molecule has 13 heavy (non-hydrogen) atoms. The summed E-state index contributed by atoms with van der Waals surface area (Å²) in [6.07, 6.45) is 3.86. The number of halogens is 1. The SMILES string of the molecule is NC(=O)C1=C(NC(=O)CCl)CC=C1. The van der Waals surface area contributed by atoms with Crippen LogP contribution in [-0.2, 0) is 9.59 Å². The fourth-order valence-corrected chi connectivity index (χ4v) is 1.12. The summed E-state index contributed by atoms with van der Waals surface area (Å²) >= 11 is 5.29. The molecule has 0 bridgehead atoms. The van der Waals surface area contributed by atoms with Gasteiger partial charge in [-0.25, -0.2) is 0 Å². The van der Waals surface area contributed by atoms with Crippen LogP contribution in [0.4, 0.5) is 0 Å². The van der Waals surface area contributed by atoms with Gasteiger partial charge in [-0.2, -0.15) is 0 Å². The first-order chi connectivity index (χ1) is 6.15. The van der Waals surface area contributed by atoms with Crippen molar-refractivity contribution in [2.45, 2.75) is 6.42 Å². The van der Waals surface area contributed by atoms with Crippen molar-refractivity contribution in [2.24, 2.45) is 5.73 Å². The Labute approximate surface area is 80.4 Å². The number of carbonyl (C=O) groups excluding carboxylic acids is 2. The molecule has 0 spiro atoms. The Hall–Kier alpha value is -1.29. The molecule has 0 radical (unpaired) electrons. The molecular formula is C8H9ClN2O2. The number of rotatable bonds is 3. The topological polar surface area (TPSA) is 72.2 Å². The van der Waals surface area contributed by atoms with E-state index in [-0.39, 0.29) is 11.8 Å². The van der Waals surface area contributed by atoms with Gasteiger partial charge in [-0.1, -0.05) is 12.2 Å². The maximum Gasteiger partial charge on any atom is 0.250 e. The first-order valence-corrected chi connectivity index (χ1v) is 4.24. The molecule has 0 heterocycles. The van der Waals surface area contributed by atoms with Gasteiger partial charge in [0.1, 0.15) is 5.88 Å². The van der Waals surface area contributed by atoms with Crippen LogP contribution in [-0.4, -0.2) is 17.7 Å². The average molecular weight is 201 g/mol. The van der Waals surface area contributed by atoms with Crippen molar-refractivity contribution < 1.29 is 9.59 Å². The highest BCUT2D eigenvalue weighted by atomic mass is 35.5. The number of alkyl halides is 1. The maximum atomic E-state index is 10.9. The van der Waals surface area contributed by atoms with Gasteiger partial charge in [0.2, 0.25) is 11.8 Å². The Morgan fingerprint density at radius 1 is 1.62 bits per heavy atom. The number of carbonyl (C=O) groups is 2. The Balaban J connectivity index is 2.74. The summed E-state index contributed by atoms with van der Waals surface area (Å²) in [6, 6.07) is 0. The minimum atomic E-state index is -0.543. The third kappa shape index (κ3) is 2.32. The molecule has 1 aliphatic carbocycles. The van der Waals surface area contributed by atoms with Crippen LogP contribution in [0.3, 0.4) is 0 Å².